The molecule has 4 heterocycles. The van der Waals surface area contributed by atoms with Gasteiger partial charge in [0.2, 0.25) is 35.3 Å². The van der Waals surface area contributed by atoms with Crippen LogP contribution in [0.5, 0.6) is 0 Å². The fraction of sp³-hybridized carbons (Fsp3) is 0.661. The number of nitrogens with zero attached hydrogens (tertiary/aromatic N) is 8. The number of ketones is 2. The van der Waals surface area contributed by atoms with Crippen molar-refractivity contribution < 1.29 is 59.1 Å². The minimum Gasteiger partial charge on any atom is -0.469 e. The summed E-state index contributed by atoms with van der Waals surface area (Å²) in [4.78, 5) is 48.6. The summed E-state index contributed by atoms with van der Waals surface area (Å²) in [6.07, 6.45) is 7.81. The summed E-state index contributed by atoms with van der Waals surface area (Å²) < 4.78 is 90.1. The van der Waals surface area contributed by atoms with Crippen LogP contribution in [0.3, 0.4) is 0 Å². The van der Waals surface area contributed by atoms with Crippen molar-refractivity contribution in [3.63, 3.8) is 0 Å². The van der Waals surface area contributed by atoms with Crippen LogP contribution in [0.25, 0.3) is 5.69 Å². The number of nitrogens with two attached hydrogens (primary N) is 3. The number of ether oxygens (including phenoxy) is 1. The zero-order valence-corrected chi connectivity index (χ0v) is 47.6. The van der Waals surface area contributed by atoms with Crippen LogP contribution < -0.4 is 22.5 Å². The summed E-state index contributed by atoms with van der Waals surface area (Å²) >= 11 is 0. The molecule has 3 fully saturated rings. The van der Waals surface area contributed by atoms with E-state index in [9.17, 15) is 41.1 Å². The molecule has 0 spiro atoms. The summed E-state index contributed by atoms with van der Waals surface area (Å²) in [5.74, 6) is 2.83. The highest BCUT2D eigenvalue weighted by Gasteiger charge is 2.40. The molecule has 0 unspecified atom stereocenters. The van der Waals surface area contributed by atoms with Crippen molar-refractivity contribution in [3.8, 4) is 5.69 Å². The number of hydrogen-bond donors (Lipinski definition) is 4. The number of nitrogens with one attached hydrogen (secondary N) is 1. The molecule has 0 atom stereocenters. The second kappa shape index (κ2) is 31.8. The van der Waals surface area contributed by atoms with Gasteiger partial charge in [-0.3, -0.25) is 19.2 Å². The number of esters is 1. The van der Waals surface area contributed by atoms with Gasteiger partial charge in [-0.25, -0.2) is 13.5 Å². The Labute approximate surface area is 469 Å². The molecule has 25 heteroatoms. The van der Waals surface area contributed by atoms with Crippen LogP contribution in [0.1, 0.15) is 231 Å². The average Bonchev–Trinajstić information content (AvgIpc) is 4.43. The van der Waals surface area contributed by atoms with Crippen molar-refractivity contribution in [1.82, 2.24) is 45.7 Å². The van der Waals surface area contributed by atoms with Gasteiger partial charge in [-0.2, -0.15) is 18.3 Å². The molecular weight excluding hydrogens is 1060 g/mol. The second-order valence-electron chi connectivity index (χ2n) is 21.8. The minimum absolute atomic E-state index is 0.0308. The first-order chi connectivity index (χ1) is 38.6. The Hall–Kier alpha value is -6.34. The molecule has 20 nitrogen and oxygen atoms in total. The third-order valence-electron chi connectivity index (χ3n) is 14.5. The Kier molecular flexibility index (Phi) is 25.7. The molecular formula is C56H81F5N12O8. The summed E-state index contributed by atoms with van der Waals surface area (Å²) in [6, 6.07) is 2.15. The van der Waals surface area contributed by atoms with Gasteiger partial charge in [0.25, 0.3) is 5.91 Å². The predicted octanol–water partition coefficient (Wildman–Crippen LogP) is 10.0. The second-order valence-corrected chi connectivity index (χ2v) is 21.8. The van der Waals surface area contributed by atoms with E-state index in [1.807, 2.05) is 41.5 Å². The Morgan fingerprint density at radius 3 is 1.35 bits per heavy atom. The van der Waals surface area contributed by atoms with Gasteiger partial charge in [-0.05, 0) is 109 Å². The van der Waals surface area contributed by atoms with Gasteiger partial charge in [0.1, 0.15) is 23.2 Å². The zero-order chi connectivity index (χ0) is 59.4. The van der Waals surface area contributed by atoms with Gasteiger partial charge in [-0.15, -0.1) is 30.6 Å². The maximum atomic E-state index is 13.5. The number of benzene rings is 1. The third kappa shape index (κ3) is 19.7. The lowest BCUT2D eigenvalue weighted by Crippen LogP contribution is -2.27. The largest absolute Gasteiger partial charge is 0.469 e. The number of Topliss-reactive ketones (excluding diaryl/α,β-unsaturated/α-hetero) is 2. The molecule has 4 aromatic heterocycles. The topological polar surface area (TPSA) is 302 Å². The van der Waals surface area contributed by atoms with E-state index in [1.54, 1.807) is 0 Å². The Balaban J connectivity index is 0.000000239. The van der Waals surface area contributed by atoms with Gasteiger partial charge in [0.15, 0.2) is 5.69 Å². The normalized spacial score (nSPS) is 20.1. The minimum atomic E-state index is -4.98. The van der Waals surface area contributed by atoms with E-state index in [-0.39, 0.29) is 78.3 Å². The lowest BCUT2D eigenvalue weighted by molar-refractivity contribution is -0.146. The van der Waals surface area contributed by atoms with E-state index in [1.165, 1.54) is 7.11 Å². The van der Waals surface area contributed by atoms with Crippen LogP contribution in [-0.2, 0) is 25.3 Å². The SMILES string of the molecule is CC(C)c1nnc(C2CCC(C(=O)CCCN)CC2)o1.CC(C)c1nnc(C2CCC(C(=O)CCCNC(=O)c3cn(-c4cc(F)cc(F)c4)nc3C(F)(F)F)CC2)o1.COC(=O)C1CCC(c2nnc(C(C)C)o2)CC1.NCCN. The molecule has 0 bridgehead atoms. The Morgan fingerprint density at radius 2 is 1.00 bits per heavy atom. The number of carbonyl (C=O) groups is 4. The standard InChI is InChI=1S/C26H28F5N5O3.C15H25N3O2.C13H20N2O3.C2H8N2/c1-14(2)24-33-34-25(39-24)16-7-5-15(6-8-16)21(37)4-3-9-32-23(38)20-13-36(35-22(20)26(29,30)31)19-11-17(27)10-18(28)12-19;1-10(2)14-17-18-15(20-14)12-7-5-11(6-8-12)13(19)4-3-9-16;1-8(2)11-14-15-12(18-11)9-4-6-10(7-5-9)13(16)17-3;3-1-2-4/h10-16H,3-9H2,1-2H3,(H,32,38);10-12H,3-9,16H2,1-2H3;8-10H,4-7H2,1-3H3;1-4H2. The Bertz CT molecular complexity index is 2710. The summed E-state index contributed by atoms with van der Waals surface area (Å²) in [6.45, 7) is 13.9. The van der Waals surface area contributed by atoms with Gasteiger partial charge in [-0.1, -0.05) is 41.5 Å². The van der Waals surface area contributed by atoms with Crippen molar-refractivity contribution in [2.75, 3.05) is 33.3 Å². The number of methoxy groups -OCH3 is 1. The number of alkyl halides is 3. The molecule has 1 amide bonds. The van der Waals surface area contributed by atoms with E-state index < -0.39 is 35.0 Å². The maximum Gasteiger partial charge on any atom is 0.435 e. The summed E-state index contributed by atoms with van der Waals surface area (Å²) in [7, 11) is 1.45. The van der Waals surface area contributed by atoms with Crippen LogP contribution in [0.2, 0.25) is 0 Å². The lowest BCUT2D eigenvalue weighted by atomic mass is 9.79. The molecule has 7 N–H and O–H groups in total. The van der Waals surface area contributed by atoms with Crippen LogP contribution in [0.15, 0.2) is 37.6 Å². The average molecular weight is 1150 g/mol. The van der Waals surface area contributed by atoms with Gasteiger partial charge < -0.3 is 40.5 Å². The smallest absolute Gasteiger partial charge is 0.435 e. The lowest BCUT2D eigenvalue weighted by Gasteiger charge is -2.25. The van der Waals surface area contributed by atoms with Crippen molar-refractivity contribution in [3.05, 3.63) is 82.6 Å². The molecule has 3 aliphatic rings. The van der Waals surface area contributed by atoms with Gasteiger partial charge in [0.05, 0.1) is 24.3 Å². The number of rotatable bonds is 19. The molecule has 8 rings (SSSR count). The van der Waals surface area contributed by atoms with E-state index in [0.717, 1.165) is 101 Å². The third-order valence-corrected chi connectivity index (χ3v) is 14.5. The molecule has 448 valence electrons. The van der Waals surface area contributed by atoms with Crippen molar-refractivity contribution in [2.45, 2.75) is 186 Å². The van der Waals surface area contributed by atoms with Crippen LogP contribution >= 0.6 is 0 Å². The molecule has 5 aromatic rings. The van der Waals surface area contributed by atoms with E-state index in [0.29, 0.717) is 90.8 Å². The Morgan fingerprint density at radius 1 is 0.605 bits per heavy atom. The fourth-order valence-electron chi connectivity index (χ4n) is 9.80. The molecule has 0 aliphatic heterocycles. The van der Waals surface area contributed by atoms with E-state index in [4.69, 9.17) is 35.2 Å². The first-order valence-electron chi connectivity index (χ1n) is 28.2. The van der Waals surface area contributed by atoms with Crippen LogP contribution in [0.4, 0.5) is 22.0 Å². The molecule has 1 aromatic carbocycles. The highest BCUT2D eigenvalue weighted by atomic mass is 19.4. The molecule has 3 aliphatic carbocycles. The maximum absolute atomic E-state index is 13.5. The molecule has 0 radical (unpaired) electrons. The fourth-order valence-corrected chi connectivity index (χ4v) is 9.80. The van der Waals surface area contributed by atoms with Gasteiger partial charge >= 0.3 is 12.1 Å². The first-order valence-corrected chi connectivity index (χ1v) is 28.2. The van der Waals surface area contributed by atoms with Crippen LogP contribution in [0, 0.1) is 29.4 Å². The monoisotopic (exact) mass is 1140 g/mol. The van der Waals surface area contributed by atoms with Crippen molar-refractivity contribution in [2.24, 2.45) is 35.0 Å². The van der Waals surface area contributed by atoms with E-state index >= 15 is 0 Å². The summed E-state index contributed by atoms with van der Waals surface area (Å²) in [5, 5.41) is 30.3. The molecule has 3 saturated carbocycles. The van der Waals surface area contributed by atoms with Gasteiger partial charge in [0, 0.05) is 92.1 Å². The highest BCUT2D eigenvalue weighted by Crippen LogP contribution is 2.39. The molecule has 81 heavy (non-hydrogen) atoms. The zero-order valence-electron chi connectivity index (χ0n) is 47.6. The number of aromatic nitrogens is 8. The van der Waals surface area contributed by atoms with E-state index in [2.05, 4.69) is 41.0 Å². The number of halogens is 5. The van der Waals surface area contributed by atoms with Crippen molar-refractivity contribution >= 4 is 23.4 Å². The molecule has 0 saturated heterocycles. The number of hydrogen-bond acceptors (Lipinski definition) is 18. The predicted molar refractivity (Wildman–Crippen MR) is 288 cm³/mol. The van der Waals surface area contributed by atoms with Crippen LogP contribution in [-0.4, -0.2) is 97.1 Å². The number of carbonyl (C=O) groups excluding carboxylic acids is 4. The number of amides is 1. The first kappa shape index (κ1) is 65.5. The summed E-state index contributed by atoms with van der Waals surface area (Å²) in [5.41, 5.74) is 12.7. The highest BCUT2D eigenvalue weighted by molar-refractivity contribution is 5.95. The quantitative estimate of drug-likeness (QED) is 0.0339. The van der Waals surface area contributed by atoms with Crippen molar-refractivity contribution in [1.29, 1.82) is 0 Å².